The van der Waals surface area contributed by atoms with Gasteiger partial charge in [0, 0.05) is 6.54 Å². The first-order valence-electron chi connectivity index (χ1n) is 4.21. The number of aryl methyl sites for hydroxylation is 1. The van der Waals surface area contributed by atoms with E-state index in [0.29, 0.717) is 5.56 Å². The Morgan fingerprint density at radius 3 is 2.40 bits per heavy atom. The second-order valence-electron chi connectivity index (χ2n) is 3.14. The number of halogens is 3. The molecule has 2 nitrogen and oxygen atoms in total. The number of nitrogens with zero attached hydrogens (tertiary/aromatic N) is 1. The minimum atomic E-state index is -4.42. The van der Waals surface area contributed by atoms with Gasteiger partial charge in [0.25, 0.3) is 0 Å². The van der Waals surface area contributed by atoms with Crippen molar-refractivity contribution < 1.29 is 13.2 Å². The molecule has 0 heterocycles. The van der Waals surface area contributed by atoms with Crippen molar-refractivity contribution >= 4 is 0 Å². The summed E-state index contributed by atoms with van der Waals surface area (Å²) in [6, 6.07) is 3.98. The molecule has 0 aliphatic heterocycles. The van der Waals surface area contributed by atoms with Gasteiger partial charge in [-0.3, -0.25) is 0 Å². The maximum Gasteiger partial charge on any atom is 0.416 e. The Morgan fingerprint density at radius 2 is 2.00 bits per heavy atom. The molecule has 0 saturated heterocycles. The minimum Gasteiger partial charge on any atom is -0.326 e. The number of nitriles is 1. The molecule has 1 aromatic rings. The van der Waals surface area contributed by atoms with Gasteiger partial charge in [0.1, 0.15) is 0 Å². The molecule has 5 heteroatoms. The number of rotatable bonds is 1. The van der Waals surface area contributed by atoms with Gasteiger partial charge >= 0.3 is 6.18 Å². The average molecular weight is 214 g/mol. The first-order chi connectivity index (χ1) is 6.90. The first kappa shape index (κ1) is 11.5. The summed E-state index contributed by atoms with van der Waals surface area (Å²) in [6.07, 6.45) is -4.42. The SMILES string of the molecule is Cc1cc(C(F)(F)F)c(CN)cc1C#N. The first-order valence-corrected chi connectivity index (χ1v) is 4.21. The van der Waals surface area contributed by atoms with Crippen molar-refractivity contribution in [3.63, 3.8) is 0 Å². The van der Waals surface area contributed by atoms with E-state index in [9.17, 15) is 13.2 Å². The topological polar surface area (TPSA) is 49.8 Å². The highest BCUT2D eigenvalue weighted by Crippen LogP contribution is 2.33. The number of hydrogen-bond donors (Lipinski definition) is 1. The van der Waals surface area contributed by atoms with Gasteiger partial charge in [-0.15, -0.1) is 0 Å². The summed E-state index contributed by atoms with van der Waals surface area (Å²) in [6.45, 7) is 1.23. The van der Waals surface area contributed by atoms with Gasteiger partial charge < -0.3 is 5.73 Å². The smallest absolute Gasteiger partial charge is 0.326 e. The predicted octanol–water partition coefficient (Wildman–Crippen LogP) is 2.34. The van der Waals surface area contributed by atoms with Crippen LogP contribution in [0.5, 0.6) is 0 Å². The van der Waals surface area contributed by atoms with Gasteiger partial charge in [-0.25, -0.2) is 0 Å². The lowest BCUT2D eigenvalue weighted by molar-refractivity contribution is -0.138. The van der Waals surface area contributed by atoms with E-state index in [1.54, 1.807) is 0 Å². The number of nitrogens with two attached hydrogens (primary N) is 1. The van der Waals surface area contributed by atoms with Crippen molar-refractivity contribution in [1.82, 2.24) is 0 Å². The third-order valence-electron chi connectivity index (χ3n) is 2.10. The van der Waals surface area contributed by atoms with E-state index >= 15 is 0 Å². The highest BCUT2D eigenvalue weighted by Gasteiger charge is 2.33. The molecular formula is C10H9F3N2. The molecule has 0 unspecified atom stereocenters. The Bertz CT molecular complexity index is 416. The van der Waals surface area contributed by atoms with Crippen LogP contribution in [0, 0.1) is 18.3 Å². The second kappa shape index (κ2) is 3.91. The van der Waals surface area contributed by atoms with Crippen LogP contribution in [0.4, 0.5) is 13.2 Å². The molecule has 1 rings (SSSR count). The third-order valence-corrected chi connectivity index (χ3v) is 2.10. The van der Waals surface area contributed by atoms with Gasteiger partial charge in [-0.2, -0.15) is 18.4 Å². The fraction of sp³-hybridized carbons (Fsp3) is 0.300. The molecule has 0 radical (unpaired) electrons. The Kier molecular flexibility index (Phi) is 3.01. The van der Waals surface area contributed by atoms with Crippen molar-refractivity contribution in [3.05, 3.63) is 34.4 Å². The molecule has 0 bridgehead atoms. The van der Waals surface area contributed by atoms with Crippen LogP contribution in [0.1, 0.15) is 22.3 Å². The number of benzene rings is 1. The fourth-order valence-corrected chi connectivity index (χ4v) is 1.31. The van der Waals surface area contributed by atoms with Gasteiger partial charge in [0.15, 0.2) is 0 Å². The number of hydrogen-bond acceptors (Lipinski definition) is 2. The van der Waals surface area contributed by atoms with E-state index in [0.717, 1.165) is 6.07 Å². The Morgan fingerprint density at radius 1 is 1.40 bits per heavy atom. The molecule has 0 saturated carbocycles. The van der Waals surface area contributed by atoms with E-state index in [2.05, 4.69) is 0 Å². The zero-order valence-corrected chi connectivity index (χ0v) is 8.02. The average Bonchev–Trinajstić information content (AvgIpc) is 2.16. The maximum absolute atomic E-state index is 12.5. The zero-order valence-electron chi connectivity index (χ0n) is 8.02. The van der Waals surface area contributed by atoms with Crippen molar-refractivity contribution in [2.24, 2.45) is 5.73 Å². The van der Waals surface area contributed by atoms with Crippen LogP contribution in [0.2, 0.25) is 0 Å². The van der Waals surface area contributed by atoms with E-state index in [-0.39, 0.29) is 17.7 Å². The highest BCUT2D eigenvalue weighted by atomic mass is 19.4. The van der Waals surface area contributed by atoms with Crippen molar-refractivity contribution in [2.45, 2.75) is 19.6 Å². The van der Waals surface area contributed by atoms with Gasteiger partial charge in [0.2, 0.25) is 0 Å². The highest BCUT2D eigenvalue weighted by molar-refractivity contribution is 5.45. The molecule has 0 spiro atoms. The lowest BCUT2D eigenvalue weighted by Gasteiger charge is -2.13. The van der Waals surface area contributed by atoms with E-state index in [1.165, 1.54) is 13.0 Å². The van der Waals surface area contributed by atoms with Crippen molar-refractivity contribution in [2.75, 3.05) is 0 Å². The summed E-state index contributed by atoms with van der Waals surface area (Å²) in [5.74, 6) is 0. The summed E-state index contributed by atoms with van der Waals surface area (Å²) in [5.41, 5.74) is 4.93. The van der Waals surface area contributed by atoms with Gasteiger partial charge in [-0.05, 0) is 30.2 Å². The van der Waals surface area contributed by atoms with Crippen molar-refractivity contribution in [1.29, 1.82) is 5.26 Å². The zero-order chi connectivity index (χ0) is 11.6. The molecule has 80 valence electrons. The molecule has 2 N–H and O–H groups in total. The molecule has 0 amide bonds. The quantitative estimate of drug-likeness (QED) is 0.780. The standard InChI is InChI=1S/C10H9F3N2/c1-6-2-9(10(11,12)13)8(5-15)3-7(6)4-14/h2-3H,5,15H2,1H3. The van der Waals surface area contributed by atoms with Crippen LogP contribution in [0.25, 0.3) is 0 Å². The van der Waals surface area contributed by atoms with Crippen molar-refractivity contribution in [3.8, 4) is 6.07 Å². The van der Waals surface area contributed by atoms with Crippen LogP contribution in [0.3, 0.4) is 0 Å². The van der Waals surface area contributed by atoms with Crippen LogP contribution in [0.15, 0.2) is 12.1 Å². The monoisotopic (exact) mass is 214 g/mol. The van der Waals surface area contributed by atoms with Crippen LogP contribution in [-0.4, -0.2) is 0 Å². The normalized spacial score (nSPS) is 11.2. The predicted molar refractivity (Wildman–Crippen MR) is 48.8 cm³/mol. The third kappa shape index (κ3) is 2.28. The molecule has 0 atom stereocenters. The lowest BCUT2D eigenvalue weighted by atomic mass is 9.99. The summed E-state index contributed by atoms with van der Waals surface area (Å²) in [5, 5.41) is 8.66. The largest absolute Gasteiger partial charge is 0.416 e. The molecule has 0 fully saturated rings. The Hall–Kier alpha value is -1.54. The molecule has 1 aromatic carbocycles. The molecule has 0 aliphatic rings. The minimum absolute atomic E-state index is 0.0512. The summed E-state index contributed by atoms with van der Waals surface area (Å²) in [4.78, 5) is 0. The van der Waals surface area contributed by atoms with E-state index < -0.39 is 11.7 Å². The van der Waals surface area contributed by atoms with Crippen LogP contribution < -0.4 is 5.73 Å². The van der Waals surface area contributed by atoms with Gasteiger partial charge in [0.05, 0.1) is 17.2 Å². The molecule has 0 aromatic heterocycles. The Labute approximate surface area is 85.1 Å². The van der Waals surface area contributed by atoms with Crippen LogP contribution >= 0.6 is 0 Å². The lowest BCUT2D eigenvalue weighted by Crippen LogP contribution is -2.13. The summed E-state index contributed by atoms with van der Waals surface area (Å²) in [7, 11) is 0. The summed E-state index contributed by atoms with van der Waals surface area (Å²) >= 11 is 0. The molecule has 0 aliphatic carbocycles. The Balaban J connectivity index is 3.42. The van der Waals surface area contributed by atoms with E-state index in [1.807, 2.05) is 6.07 Å². The summed E-state index contributed by atoms with van der Waals surface area (Å²) < 4.78 is 37.5. The van der Waals surface area contributed by atoms with Gasteiger partial charge in [-0.1, -0.05) is 0 Å². The van der Waals surface area contributed by atoms with E-state index in [4.69, 9.17) is 11.0 Å². The maximum atomic E-state index is 12.5. The molecular weight excluding hydrogens is 205 g/mol. The molecule has 15 heavy (non-hydrogen) atoms. The van der Waals surface area contributed by atoms with Crippen LogP contribution in [-0.2, 0) is 12.7 Å². The number of alkyl halides is 3. The fourth-order valence-electron chi connectivity index (χ4n) is 1.31. The second-order valence-corrected chi connectivity index (χ2v) is 3.14.